The summed E-state index contributed by atoms with van der Waals surface area (Å²) in [4.78, 5) is 15.3. The fourth-order valence-corrected chi connectivity index (χ4v) is 5.22. The molecule has 0 unspecified atom stereocenters. The number of benzene rings is 2. The molecule has 0 bridgehead atoms. The zero-order valence-electron chi connectivity index (χ0n) is 18.9. The molecule has 32 heavy (non-hydrogen) atoms. The standard InChI is InChI=1S/C22H30N4O5S/c1-16-6-5-7-20(18(16)3)24-10-12-25(13-11-24)21-9-8-19(14-22(21)26(27)28)32(29,30)23-17(2)15-31-4/h5-9,14,17,23H,10-13,15H2,1-4H3/t17-/m0/s1. The highest BCUT2D eigenvalue weighted by Gasteiger charge is 2.27. The van der Waals surface area contributed by atoms with Crippen molar-refractivity contribution >= 4 is 27.1 Å². The molecule has 1 saturated heterocycles. The molecule has 1 fully saturated rings. The first-order chi connectivity index (χ1) is 15.1. The van der Waals surface area contributed by atoms with Crippen molar-refractivity contribution in [1.82, 2.24) is 4.72 Å². The topological polar surface area (TPSA) is 105 Å². The van der Waals surface area contributed by atoms with Crippen LogP contribution in [-0.2, 0) is 14.8 Å². The number of aryl methyl sites for hydroxylation is 1. The van der Waals surface area contributed by atoms with Crippen LogP contribution in [0, 0.1) is 24.0 Å². The summed E-state index contributed by atoms with van der Waals surface area (Å²) in [5.41, 5.74) is 3.85. The van der Waals surface area contributed by atoms with E-state index in [0.717, 1.165) is 19.2 Å². The number of nitrogens with zero attached hydrogens (tertiary/aromatic N) is 3. The van der Waals surface area contributed by atoms with Crippen LogP contribution in [0.1, 0.15) is 18.1 Å². The molecule has 3 rings (SSSR count). The van der Waals surface area contributed by atoms with Crippen LogP contribution in [0.4, 0.5) is 17.1 Å². The van der Waals surface area contributed by atoms with Crippen LogP contribution >= 0.6 is 0 Å². The van der Waals surface area contributed by atoms with E-state index in [1.165, 1.54) is 36.1 Å². The summed E-state index contributed by atoms with van der Waals surface area (Å²) in [6.45, 7) is 8.69. The van der Waals surface area contributed by atoms with Gasteiger partial charge in [0.25, 0.3) is 5.69 Å². The minimum atomic E-state index is -3.90. The van der Waals surface area contributed by atoms with Gasteiger partial charge in [0.1, 0.15) is 5.69 Å². The molecule has 1 aliphatic rings. The number of nitrogens with one attached hydrogen (secondary N) is 1. The summed E-state index contributed by atoms with van der Waals surface area (Å²) >= 11 is 0. The first-order valence-electron chi connectivity index (χ1n) is 10.5. The molecule has 1 N–H and O–H groups in total. The number of hydrogen-bond acceptors (Lipinski definition) is 7. The maximum absolute atomic E-state index is 12.6. The minimum Gasteiger partial charge on any atom is -0.383 e. The van der Waals surface area contributed by atoms with Gasteiger partial charge in [0.2, 0.25) is 10.0 Å². The molecule has 0 amide bonds. The van der Waals surface area contributed by atoms with Crippen LogP contribution in [0.3, 0.4) is 0 Å². The van der Waals surface area contributed by atoms with Crippen molar-refractivity contribution in [1.29, 1.82) is 0 Å². The van der Waals surface area contributed by atoms with Gasteiger partial charge < -0.3 is 14.5 Å². The normalized spacial score (nSPS) is 15.6. The van der Waals surface area contributed by atoms with Gasteiger partial charge in [0.05, 0.1) is 16.4 Å². The largest absolute Gasteiger partial charge is 0.383 e. The number of sulfonamides is 1. The minimum absolute atomic E-state index is 0.134. The summed E-state index contributed by atoms with van der Waals surface area (Å²) in [6.07, 6.45) is 0. The quantitative estimate of drug-likeness (QED) is 0.475. The lowest BCUT2D eigenvalue weighted by Gasteiger charge is -2.38. The Bertz CT molecular complexity index is 1080. The average molecular weight is 463 g/mol. The Morgan fingerprint density at radius 3 is 2.31 bits per heavy atom. The molecular weight excluding hydrogens is 432 g/mol. The monoisotopic (exact) mass is 462 g/mol. The molecule has 1 heterocycles. The summed E-state index contributed by atoms with van der Waals surface area (Å²) in [6, 6.07) is 9.84. The lowest BCUT2D eigenvalue weighted by atomic mass is 10.1. The van der Waals surface area contributed by atoms with Gasteiger partial charge >= 0.3 is 0 Å². The lowest BCUT2D eigenvalue weighted by molar-refractivity contribution is -0.384. The number of rotatable bonds is 8. The van der Waals surface area contributed by atoms with Gasteiger partial charge in [-0.3, -0.25) is 10.1 Å². The van der Waals surface area contributed by atoms with E-state index >= 15 is 0 Å². The van der Waals surface area contributed by atoms with E-state index in [1.54, 1.807) is 6.92 Å². The van der Waals surface area contributed by atoms with Gasteiger partial charge in [-0.05, 0) is 50.1 Å². The molecule has 2 aromatic carbocycles. The van der Waals surface area contributed by atoms with E-state index in [9.17, 15) is 18.5 Å². The predicted octanol–water partition coefficient (Wildman–Crippen LogP) is 2.85. The number of nitro groups is 1. The zero-order valence-corrected chi connectivity index (χ0v) is 19.7. The summed E-state index contributed by atoms with van der Waals surface area (Å²) in [5, 5.41) is 11.8. The molecule has 0 saturated carbocycles. The fraction of sp³-hybridized carbons (Fsp3) is 0.455. The molecular formula is C22H30N4O5S. The van der Waals surface area contributed by atoms with Gasteiger partial charge in [-0.2, -0.15) is 0 Å². The van der Waals surface area contributed by atoms with E-state index < -0.39 is 21.0 Å². The van der Waals surface area contributed by atoms with Crippen LogP contribution in [-0.4, -0.2) is 59.3 Å². The Balaban J connectivity index is 1.80. The van der Waals surface area contributed by atoms with E-state index in [0.29, 0.717) is 18.8 Å². The van der Waals surface area contributed by atoms with Crippen LogP contribution in [0.25, 0.3) is 0 Å². The average Bonchev–Trinajstić information content (AvgIpc) is 2.75. The smallest absolute Gasteiger partial charge is 0.293 e. The van der Waals surface area contributed by atoms with Gasteiger partial charge in [0.15, 0.2) is 0 Å². The van der Waals surface area contributed by atoms with Crippen molar-refractivity contribution in [3.8, 4) is 0 Å². The second-order valence-corrected chi connectivity index (χ2v) is 9.79. The highest BCUT2D eigenvalue weighted by Crippen LogP contribution is 2.32. The molecule has 10 heteroatoms. The van der Waals surface area contributed by atoms with Crippen molar-refractivity contribution in [3.63, 3.8) is 0 Å². The van der Waals surface area contributed by atoms with Crippen LogP contribution < -0.4 is 14.5 Å². The van der Waals surface area contributed by atoms with Crippen LogP contribution in [0.15, 0.2) is 41.3 Å². The lowest BCUT2D eigenvalue weighted by Crippen LogP contribution is -2.47. The SMILES string of the molecule is COC[C@H](C)NS(=O)(=O)c1ccc(N2CCN(c3cccc(C)c3C)CC2)c([N+](=O)[O-])c1. The Labute approximate surface area is 189 Å². The Kier molecular flexibility index (Phi) is 7.37. The summed E-state index contributed by atoms with van der Waals surface area (Å²) in [5.74, 6) is 0. The number of piperazine rings is 1. The first-order valence-corrected chi connectivity index (χ1v) is 12.0. The van der Waals surface area contributed by atoms with Gasteiger partial charge in [-0.15, -0.1) is 0 Å². The van der Waals surface area contributed by atoms with Crippen molar-refractivity contribution < 1.29 is 18.1 Å². The molecule has 1 atom stereocenters. The van der Waals surface area contributed by atoms with E-state index in [4.69, 9.17) is 4.74 Å². The second kappa shape index (κ2) is 9.85. The van der Waals surface area contributed by atoms with Crippen molar-refractivity contribution in [3.05, 3.63) is 57.6 Å². The highest BCUT2D eigenvalue weighted by atomic mass is 32.2. The van der Waals surface area contributed by atoms with E-state index in [-0.39, 0.29) is 17.2 Å². The molecule has 1 aliphatic heterocycles. The van der Waals surface area contributed by atoms with Gasteiger partial charge in [-0.1, -0.05) is 12.1 Å². The third-order valence-electron chi connectivity index (χ3n) is 5.76. The molecule has 0 aliphatic carbocycles. The van der Waals surface area contributed by atoms with Crippen LogP contribution in [0.2, 0.25) is 0 Å². The molecule has 9 nitrogen and oxygen atoms in total. The maximum atomic E-state index is 12.6. The van der Waals surface area contributed by atoms with E-state index in [1.807, 2.05) is 11.0 Å². The number of nitro benzene ring substituents is 1. The van der Waals surface area contributed by atoms with Gasteiger partial charge in [-0.25, -0.2) is 13.1 Å². The third-order valence-corrected chi connectivity index (χ3v) is 7.35. The zero-order chi connectivity index (χ0) is 23.5. The summed E-state index contributed by atoms with van der Waals surface area (Å²) < 4.78 is 32.7. The van der Waals surface area contributed by atoms with E-state index in [2.05, 4.69) is 35.6 Å². The third kappa shape index (κ3) is 5.20. The second-order valence-electron chi connectivity index (χ2n) is 8.08. The van der Waals surface area contributed by atoms with Crippen molar-refractivity contribution in [2.24, 2.45) is 0 Å². The van der Waals surface area contributed by atoms with Crippen molar-refractivity contribution in [2.75, 3.05) is 49.7 Å². The predicted molar refractivity (Wildman–Crippen MR) is 125 cm³/mol. The number of ether oxygens (including phenoxy) is 1. The van der Waals surface area contributed by atoms with Gasteiger partial charge in [0, 0.05) is 51.1 Å². The number of anilines is 2. The Morgan fingerprint density at radius 2 is 1.72 bits per heavy atom. The Morgan fingerprint density at radius 1 is 1.09 bits per heavy atom. The maximum Gasteiger partial charge on any atom is 0.293 e. The number of hydrogen-bond donors (Lipinski definition) is 1. The molecule has 0 spiro atoms. The number of methoxy groups -OCH3 is 1. The highest BCUT2D eigenvalue weighted by molar-refractivity contribution is 7.89. The Hall–Kier alpha value is -2.69. The first kappa shape index (κ1) is 24.0. The molecule has 0 aromatic heterocycles. The molecule has 0 radical (unpaired) electrons. The fourth-order valence-electron chi connectivity index (χ4n) is 3.97. The van der Waals surface area contributed by atoms with Crippen LogP contribution in [0.5, 0.6) is 0 Å². The summed E-state index contributed by atoms with van der Waals surface area (Å²) in [7, 11) is -2.42. The van der Waals surface area contributed by atoms with Crippen molar-refractivity contribution in [2.45, 2.75) is 31.7 Å². The molecule has 174 valence electrons. The molecule has 2 aromatic rings.